The third-order valence-electron chi connectivity index (χ3n) is 3.50. The molecule has 0 saturated heterocycles. The second-order valence-electron chi connectivity index (χ2n) is 4.80. The molecule has 0 aliphatic rings. The van der Waals surface area contributed by atoms with Crippen LogP contribution in [-0.4, -0.2) is 14.3 Å². The third-order valence-corrected chi connectivity index (χ3v) is 3.50. The van der Waals surface area contributed by atoms with Crippen molar-refractivity contribution in [1.29, 1.82) is 0 Å². The lowest BCUT2D eigenvalue weighted by atomic mass is 10.2. The highest BCUT2D eigenvalue weighted by Gasteiger charge is 2.12. The van der Waals surface area contributed by atoms with Crippen LogP contribution in [0.15, 0.2) is 46.0 Å². The van der Waals surface area contributed by atoms with Crippen molar-refractivity contribution in [2.45, 2.75) is 6.92 Å². The molecule has 6 nitrogen and oxygen atoms in total. The molecule has 0 radical (unpaired) electrons. The fourth-order valence-corrected chi connectivity index (χ4v) is 2.24. The maximum Gasteiger partial charge on any atom is 0.279 e. The van der Waals surface area contributed by atoms with Crippen LogP contribution in [0.25, 0.3) is 16.5 Å². The quantitative estimate of drug-likeness (QED) is 0.649. The van der Waals surface area contributed by atoms with Crippen LogP contribution in [0.5, 0.6) is 5.88 Å². The van der Waals surface area contributed by atoms with E-state index in [2.05, 4.69) is 5.10 Å². The molecule has 0 amide bonds. The number of benzene rings is 1. The first-order valence-corrected chi connectivity index (χ1v) is 6.37. The van der Waals surface area contributed by atoms with Gasteiger partial charge in [-0.1, -0.05) is 18.2 Å². The molecule has 0 saturated carbocycles. The SMILES string of the molecule is Cc1cc2c(=O)n(-c3ccccc3)nc([O-])c2c(=O)n1C. The Hall–Kier alpha value is -2.89. The van der Waals surface area contributed by atoms with E-state index in [1.165, 1.54) is 4.57 Å². The topological polar surface area (TPSA) is 80.0 Å². The van der Waals surface area contributed by atoms with Gasteiger partial charge in [0.2, 0.25) is 0 Å². The van der Waals surface area contributed by atoms with E-state index in [-0.39, 0.29) is 10.8 Å². The first-order valence-electron chi connectivity index (χ1n) is 6.37. The van der Waals surface area contributed by atoms with Crippen molar-refractivity contribution in [1.82, 2.24) is 14.3 Å². The van der Waals surface area contributed by atoms with Gasteiger partial charge in [-0.3, -0.25) is 9.59 Å². The van der Waals surface area contributed by atoms with E-state index < -0.39 is 17.0 Å². The van der Waals surface area contributed by atoms with Gasteiger partial charge < -0.3 is 9.67 Å². The molecule has 1 aromatic carbocycles. The zero-order chi connectivity index (χ0) is 15.1. The molecule has 2 heterocycles. The largest absolute Gasteiger partial charge is 0.857 e. The molecule has 0 aliphatic heterocycles. The maximum atomic E-state index is 12.5. The minimum Gasteiger partial charge on any atom is -0.857 e. The Bertz CT molecular complexity index is 956. The number of aromatic nitrogens is 3. The van der Waals surface area contributed by atoms with Gasteiger partial charge in [0.15, 0.2) is 0 Å². The van der Waals surface area contributed by atoms with Gasteiger partial charge >= 0.3 is 0 Å². The van der Waals surface area contributed by atoms with Crippen LogP contribution < -0.4 is 16.2 Å². The molecule has 0 aliphatic carbocycles. The number of rotatable bonds is 1. The van der Waals surface area contributed by atoms with Crippen molar-refractivity contribution in [3.63, 3.8) is 0 Å². The lowest BCUT2D eigenvalue weighted by Crippen LogP contribution is -2.28. The minimum atomic E-state index is -0.700. The molecule has 0 N–H and O–H groups in total. The van der Waals surface area contributed by atoms with Crippen LogP contribution in [0, 0.1) is 6.92 Å². The first kappa shape index (κ1) is 13.1. The van der Waals surface area contributed by atoms with Crippen LogP contribution in [0.4, 0.5) is 0 Å². The molecule has 0 bridgehead atoms. The van der Waals surface area contributed by atoms with Gasteiger partial charge in [0.05, 0.1) is 16.5 Å². The van der Waals surface area contributed by atoms with Crippen molar-refractivity contribution in [3.05, 3.63) is 62.8 Å². The van der Waals surface area contributed by atoms with E-state index in [4.69, 9.17) is 0 Å². The lowest BCUT2D eigenvalue weighted by molar-refractivity contribution is -0.273. The third kappa shape index (κ3) is 1.92. The predicted molar refractivity (Wildman–Crippen MR) is 76.8 cm³/mol. The van der Waals surface area contributed by atoms with Crippen LogP contribution in [0.3, 0.4) is 0 Å². The van der Waals surface area contributed by atoms with Crippen molar-refractivity contribution >= 4 is 10.8 Å². The van der Waals surface area contributed by atoms with Crippen molar-refractivity contribution in [2.24, 2.45) is 7.05 Å². The van der Waals surface area contributed by atoms with E-state index in [9.17, 15) is 14.7 Å². The second kappa shape index (κ2) is 4.59. The Kier molecular flexibility index (Phi) is 2.86. The number of fused-ring (bicyclic) bond motifs is 1. The lowest BCUT2D eigenvalue weighted by Gasteiger charge is -2.14. The number of aryl methyl sites for hydroxylation is 1. The maximum absolute atomic E-state index is 12.5. The highest BCUT2D eigenvalue weighted by Crippen LogP contribution is 2.15. The van der Waals surface area contributed by atoms with Gasteiger partial charge in [-0.25, -0.2) is 0 Å². The van der Waals surface area contributed by atoms with Crippen LogP contribution >= 0.6 is 0 Å². The van der Waals surface area contributed by atoms with Crippen LogP contribution in [0.1, 0.15) is 5.69 Å². The summed E-state index contributed by atoms with van der Waals surface area (Å²) in [6.07, 6.45) is 0. The van der Waals surface area contributed by atoms with E-state index in [1.54, 1.807) is 50.4 Å². The highest BCUT2D eigenvalue weighted by atomic mass is 16.3. The summed E-state index contributed by atoms with van der Waals surface area (Å²) in [7, 11) is 1.55. The summed E-state index contributed by atoms with van der Waals surface area (Å²) < 4.78 is 2.36. The number of hydrogen-bond donors (Lipinski definition) is 0. The van der Waals surface area contributed by atoms with Crippen molar-refractivity contribution in [3.8, 4) is 11.6 Å². The Labute approximate surface area is 119 Å². The summed E-state index contributed by atoms with van der Waals surface area (Å²) in [5.41, 5.74) is 0.117. The predicted octanol–water partition coefficient (Wildman–Crippen LogP) is 0.466. The number of para-hydroxylation sites is 1. The van der Waals surface area contributed by atoms with E-state index in [0.29, 0.717) is 11.4 Å². The first-order chi connectivity index (χ1) is 10.0. The molecule has 3 aromatic rings. The van der Waals surface area contributed by atoms with Gasteiger partial charge in [-0.2, -0.15) is 9.78 Å². The van der Waals surface area contributed by atoms with Crippen LogP contribution in [0.2, 0.25) is 0 Å². The van der Waals surface area contributed by atoms with Gasteiger partial charge in [-0.15, -0.1) is 0 Å². The van der Waals surface area contributed by atoms with Gasteiger partial charge in [-0.05, 0) is 25.1 Å². The summed E-state index contributed by atoms with van der Waals surface area (Å²) in [6, 6.07) is 10.2. The summed E-state index contributed by atoms with van der Waals surface area (Å²) >= 11 is 0. The Morgan fingerprint density at radius 1 is 1.10 bits per heavy atom. The van der Waals surface area contributed by atoms with Crippen molar-refractivity contribution in [2.75, 3.05) is 0 Å². The fraction of sp³-hybridized carbons (Fsp3) is 0.133. The molecule has 0 spiro atoms. The highest BCUT2D eigenvalue weighted by molar-refractivity contribution is 5.85. The second-order valence-corrected chi connectivity index (χ2v) is 4.80. The fourth-order valence-electron chi connectivity index (χ4n) is 2.24. The van der Waals surface area contributed by atoms with Crippen molar-refractivity contribution < 1.29 is 5.11 Å². The number of hydrogen-bond acceptors (Lipinski definition) is 4. The number of pyridine rings is 1. The zero-order valence-electron chi connectivity index (χ0n) is 11.5. The van der Waals surface area contributed by atoms with E-state index in [1.807, 2.05) is 0 Å². The Morgan fingerprint density at radius 3 is 2.43 bits per heavy atom. The summed E-state index contributed by atoms with van der Waals surface area (Å²) in [5.74, 6) is -0.700. The molecule has 6 heteroatoms. The summed E-state index contributed by atoms with van der Waals surface area (Å²) in [4.78, 5) is 24.7. The zero-order valence-corrected chi connectivity index (χ0v) is 11.5. The molecule has 21 heavy (non-hydrogen) atoms. The number of nitrogens with zero attached hydrogens (tertiary/aromatic N) is 3. The summed E-state index contributed by atoms with van der Waals surface area (Å²) in [5, 5.41) is 15.8. The molecule has 106 valence electrons. The Morgan fingerprint density at radius 2 is 1.76 bits per heavy atom. The average Bonchev–Trinajstić information content (AvgIpc) is 2.49. The normalized spacial score (nSPS) is 11.0. The van der Waals surface area contributed by atoms with Gasteiger partial charge in [0.25, 0.3) is 11.1 Å². The van der Waals surface area contributed by atoms with E-state index >= 15 is 0 Å². The molecule has 0 unspecified atom stereocenters. The molecule has 3 rings (SSSR count). The molecular formula is C15H12N3O3-. The molecular weight excluding hydrogens is 270 g/mol. The average molecular weight is 282 g/mol. The van der Waals surface area contributed by atoms with Crippen LogP contribution in [-0.2, 0) is 7.05 Å². The van der Waals surface area contributed by atoms with Gasteiger partial charge in [0.1, 0.15) is 0 Å². The minimum absolute atomic E-state index is 0.0967. The molecule has 2 aromatic heterocycles. The smallest absolute Gasteiger partial charge is 0.279 e. The summed E-state index contributed by atoms with van der Waals surface area (Å²) in [6.45, 7) is 1.71. The van der Waals surface area contributed by atoms with E-state index in [0.717, 1.165) is 4.68 Å². The monoisotopic (exact) mass is 282 g/mol. The molecule has 0 atom stereocenters. The molecule has 0 fully saturated rings. The van der Waals surface area contributed by atoms with Gasteiger partial charge in [0, 0.05) is 18.6 Å². The Balaban J connectivity index is 2.49. The standard InChI is InChI=1S/C15H13N3O3/c1-9-8-11-12(15(21)17(9)2)13(19)16-18(14(11)20)10-6-4-3-5-7-10/h3-8H,1-2H3,(H,16,19)/p-1.